The van der Waals surface area contributed by atoms with E-state index in [-0.39, 0.29) is 25.0 Å². The Morgan fingerprint density at radius 1 is 1.38 bits per heavy atom. The van der Waals surface area contributed by atoms with Gasteiger partial charge in [0.05, 0.1) is 6.33 Å². The fourth-order valence-electron chi connectivity index (χ4n) is 3.79. The molecule has 1 saturated carbocycles. The topological polar surface area (TPSA) is 108 Å². The summed E-state index contributed by atoms with van der Waals surface area (Å²) in [5.41, 5.74) is 1.45. The number of hydrogen-bond donors (Lipinski definition) is 3. The summed E-state index contributed by atoms with van der Waals surface area (Å²) in [7, 11) is 0. The van der Waals surface area contributed by atoms with Crippen LogP contribution in [0.1, 0.15) is 25.0 Å². The fourth-order valence-corrected chi connectivity index (χ4v) is 3.91. The molecule has 3 N–H and O–H groups in total. The van der Waals surface area contributed by atoms with Gasteiger partial charge in [0.25, 0.3) is 12.4 Å². The average Bonchev–Trinajstić information content (AvgIpc) is 3.11. The van der Waals surface area contributed by atoms with Crippen molar-refractivity contribution < 1.29 is 19.4 Å². The number of piperidine rings is 1. The number of H-pyrrole nitrogens is 1. The third-order valence-corrected chi connectivity index (χ3v) is 5.76. The second-order valence-electron chi connectivity index (χ2n) is 7.39. The number of likely N-dealkylation sites (tertiary alicyclic amines) is 1. The molecule has 1 unspecified atom stereocenters. The number of amides is 1. The number of carbonyl (C=O) groups excluding carboxylic acids is 1. The van der Waals surface area contributed by atoms with Crippen LogP contribution < -0.4 is 10.1 Å². The van der Waals surface area contributed by atoms with E-state index < -0.39 is 0 Å². The first-order chi connectivity index (χ1) is 14.0. The van der Waals surface area contributed by atoms with Crippen molar-refractivity contribution in [1.82, 2.24) is 20.2 Å². The van der Waals surface area contributed by atoms with Crippen LogP contribution >= 0.6 is 11.6 Å². The summed E-state index contributed by atoms with van der Waals surface area (Å²) in [6.45, 7) is 2.83. The molecule has 1 aromatic heterocycles. The SMILES string of the molecule is O=C(COc1ccc(Cl)cc1)NC1CC12CCN(Cc1cnc[nH]1)CC2.O=CO. The van der Waals surface area contributed by atoms with E-state index in [9.17, 15) is 4.79 Å². The van der Waals surface area contributed by atoms with Crippen LogP contribution in [-0.2, 0) is 16.1 Å². The van der Waals surface area contributed by atoms with Crippen LogP contribution in [-0.4, -0.2) is 58.1 Å². The molecule has 1 spiro atoms. The maximum Gasteiger partial charge on any atom is 0.290 e. The Bertz CT molecular complexity index is 789. The van der Waals surface area contributed by atoms with Crippen molar-refractivity contribution in [2.75, 3.05) is 19.7 Å². The predicted molar refractivity (Wildman–Crippen MR) is 108 cm³/mol. The molecular weight excluding hydrogens is 396 g/mol. The van der Waals surface area contributed by atoms with E-state index in [1.165, 1.54) is 0 Å². The van der Waals surface area contributed by atoms with E-state index in [4.69, 9.17) is 26.2 Å². The van der Waals surface area contributed by atoms with E-state index in [2.05, 4.69) is 20.2 Å². The minimum absolute atomic E-state index is 0.0418. The Kier molecular flexibility index (Phi) is 7.11. The number of aromatic amines is 1. The zero-order valence-electron chi connectivity index (χ0n) is 16.0. The van der Waals surface area contributed by atoms with Gasteiger partial charge in [0.15, 0.2) is 6.61 Å². The van der Waals surface area contributed by atoms with Crippen molar-refractivity contribution >= 4 is 24.0 Å². The molecule has 29 heavy (non-hydrogen) atoms. The number of ether oxygens (including phenoxy) is 1. The quantitative estimate of drug-likeness (QED) is 0.619. The Morgan fingerprint density at radius 2 is 2.07 bits per heavy atom. The fraction of sp³-hybridized carbons (Fsp3) is 0.450. The molecule has 2 heterocycles. The minimum Gasteiger partial charge on any atom is -0.484 e. The third-order valence-electron chi connectivity index (χ3n) is 5.51. The first kappa shape index (κ1) is 21.1. The minimum atomic E-state index is -0.250. The number of nitrogens with zero attached hydrogens (tertiary/aromatic N) is 2. The summed E-state index contributed by atoms with van der Waals surface area (Å²) in [6.07, 6.45) is 6.94. The highest BCUT2D eigenvalue weighted by molar-refractivity contribution is 6.30. The average molecular weight is 421 g/mol. The molecule has 1 aliphatic carbocycles. The lowest BCUT2D eigenvalue weighted by Crippen LogP contribution is -2.39. The highest BCUT2D eigenvalue weighted by Gasteiger charge is 2.55. The highest BCUT2D eigenvalue weighted by Crippen LogP contribution is 2.53. The molecule has 2 aromatic rings. The Morgan fingerprint density at radius 3 is 2.69 bits per heavy atom. The largest absolute Gasteiger partial charge is 0.484 e. The molecule has 1 saturated heterocycles. The molecular formula is C20H25ClN4O4. The zero-order valence-corrected chi connectivity index (χ0v) is 16.8. The van der Waals surface area contributed by atoms with Gasteiger partial charge >= 0.3 is 0 Å². The number of rotatable bonds is 6. The van der Waals surface area contributed by atoms with Gasteiger partial charge in [0.2, 0.25) is 0 Å². The van der Waals surface area contributed by atoms with Crippen LogP contribution in [0.5, 0.6) is 5.75 Å². The smallest absolute Gasteiger partial charge is 0.290 e. The number of carboxylic acid groups (broad SMARTS) is 1. The van der Waals surface area contributed by atoms with Crippen molar-refractivity contribution in [1.29, 1.82) is 0 Å². The van der Waals surface area contributed by atoms with Crippen molar-refractivity contribution in [2.45, 2.75) is 31.8 Å². The lowest BCUT2D eigenvalue weighted by molar-refractivity contribution is -0.124. The summed E-state index contributed by atoms with van der Waals surface area (Å²) in [5, 5.41) is 10.7. The first-order valence-corrected chi connectivity index (χ1v) is 9.87. The number of aromatic nitrogens is 2. The van der Waals surface area contributed by atoms with E-state index in [1.807, 2.05) is 6.20 Å². The van der Waals surface area contributed by atoms with Crippen LogP contribution in [0.15, 0.2) is 36.8 Å². The van der Waals surface area contributed by atoms with E-state index in [1.54, 1.807) is 30.6 Å². The van der Waals surface area contributed by atoms with Gasteiger partial charge in [-0.1, -0.05) is 11.6 Å². The monoisotopic (exact) mass is 420 g/mol. The summed E-state index contributed by atoms with van der Waals surface area (Å²) < 4.78 is 5.51. The lowest BCUT2D eigenvalue weighted by Gasteiger charge is -2.32. The second-order valence-corrected chi connectivity index (χ2v) is 7.82. The van der Waals surface area contributed by atoms with Crippen LogP contribution in [0.2, 0.25) is 5.02 Å². The van der Waals surface area contributed by atoms with Crippen LogP contribution in [0.4, 0.5) is 0 Å². The number of halogens is 1. The number of benzene rings is 1. The molecule has 1 aromatic carbocycles. The number of carbonyl (C=O) groups is 2. The molecule has 4 rings (SSSR count). The molecule has 8 nitrogen and oxygen atoms in total. The second kappa shape index (κ2) is 9.76. The van der Waals surface area contributed by atoms with Gasteiger partial charge in [0, 0.05) is 29.5 Å². The summed E-state index contributed by atoms with van der Waals surface area (Å²) in [6, 6.07) is 7.33. The summed E-state index contributed by atoms with van der Waals surface area (Å²) >= 11 is 5.84. The Hall–Kier alpha value is -2.58. The lowest BCUT2D eigenvalue weighted by atomic mass is 9.92. The van der Waals surface area contributed by atoms with E-state index >= 15 is 0 Å². The molecule has 0 bridgehead atoms. The molecule has 2 aliphatic rings. The van der Waals surface area contributed by atoms with E-state index in [0.717, 1.165) is 44.6 Å². The van der Waals surface area contributed by atoms with Crippen molar-refractivity contribution in [2.24, 2.45) is 5.41 Å². The van der Waals surface area contributed by atoms with Gasteiger partial charge in [-0.3, -0.25) is 14.5 Å². The highest BCUT2D eigenvalue weighted by atomic mass is 35.5. The van der Waals surface area contributed by atoms with Gasteiger partial charge in [-0.2, -0.15) is 0 Å². The van der Waals surface area contributed by atoms with Crippen molar-refractivity contribution in [3.05, 3.63) is 47.5 Å². The summed E-state index contributed by atoms with van der Waals surface area (Å²) in [5.74, 6) is 0.601. The standard InChI is InChI=1S/C19H23ClN4O2.CH2O2/c20-14-1-3-16(4-2-14)26-12-18(25)23-17-9-19(17)5-7-24(8-6-19)11-15-10-21-13-22-15;2-1-3/h1-4,10,13,17H,5-9,11-12H2,(H,21,22)(H,23,25);1H,(H,2,3). The molecule has 1 aliphatic heterocycles. The zero-order chi connectivity index (χ0) is 20.7. The van der Waals surface area contributed by atoms with Gasteiger partial charge in [-0.15, -0.1) is 0 Å². The van der Waals surface area contributed by atoms with Crippen molar-refractivity contribution in [3.63, 3.8) is 0 Å². The first-order valence-electron chi connectivity index (χ1n) is 9.50. The van der Waals surface area contributed by atoms with Gasteiger partial charge in [-0.05, 0) is 62.0 Å². The van der Waals surface area contributed by atoms with Crippen LogP contribution in [0.3, 0.4) is 0 Å². The number of hydrogen-bond acceptors (Lipinski definition) is 5. The maximum absolute atomic E-state index is 12.2. The van der Waals surface area contributed by atoms with Gasteiger partial charge < -0.3 is 20.1 Å². The molecule has 1 amide bonds. The molecule has 0 radical (unpaired) electrons. The van der Waals surface area contributed by atoms with Gasteiger partial charge in [0.1, 0.15) is 5.75 Å². The number of nitrogens with one attached hydrogen (secondary N) is 2. The maximum atomic E-state index is 12.2. The third kappa shape index (κ3) is 5.95. The Labute approximate surface area is 174 Å². The molecule has 2 fully saturated rings. The van der Waals surface area contributed by atoms with Gasteiger partial charge in [-0.25, -0.2) is 4.98 Å². The molecule has 9 heteroatoms. The molecule has 156 valence electrons. The predicted octanol–water partition coefficient (Wildman–Crippen LogP) is 2.31. The summed E-state index contributed by atoms with van der Waals surface area (Å²) in [4.78, 5) is 30.2. The Balaban J connectivity index is 0.000000755. The number of imidazole rings is 1. The van der Waals surface area contributed by atoms with Crippen LogP contribution in [0, 0.1) is 5.41 Å². The molecule has 1 atom stereocenters. The van der Waals surface area contributed by atoms with E-state index in [0.29, 0.717) is 16.2 Å². The van der Waals surface area contributed by atoms with Crippen molar-refractivity contribution in [3.8, 4) is 5.75 Å². The normalized spacial score (nSPS) is 19.7. The van der Waals surface area contributed by atoms with Crippen LogP contribution in [0.25, 0.3) is 0 Å².